The number of hydrogen-bond acceptors (Lipinski definition) is 9. The lowest BCUT2D eigenvalue weighted by molar-refractivity contribution is -0.211. The molecule has 3 aromatic rings. The van der Waals surface area contributed by atoms with E-state index in [0.717, 1.165) is 5.56 Å². The van der Waals surface area contributed by atoms with Gasteiger partial charge in [0.2, 0.25) is 0 Å². The number of aryl methyl sites for hydroxylation is 2. The Labute approximate surface area is 248 Å². The minimum absolute atomic E-state index is 0.0131. The van der Waals surface area contributed by atoms with Crippen LogP contribution in [0.5, 0.6) is 0 Å². The second-order valence-corrected chi connectivity index (χ2v) is 11.4. The van der Waals surface area contributed by atoms with E-state index in [1.165, 1.54) is 41.9 Å². The molecule has 3 N–H and O–H groups in total. The van der Waals surface area contributed by atoms with E-state index in [-0.39, 0.29) is 30.0 Å². The summed E-state index contributed by atoms with van der Waals surface area (Å²) in [5, 5.41) is 40.0. The predicted molar refractivity (Wildman–Crippen MR) is 149 cm³/mol. The molecule has 1 aromatic heterocycles. The third kappa shape index (κ3) is 5.60. The summed E-state index contributed by atoms with van der Waals surface area (Å²) < 4.78 is 48.0. The Morgan fingerprint density at radius 3 is 2.60 bits per heavy atom. The van der Waals surface area contributed by atoms with Crippen molar-refractivity contribution in [3.63, 3.8) is 0 Å². The van der Waals surface area contributed by atoms with Gasteiger partial charge in [-0.05, 0) is 49.2 Å². The number of aliphatic hydroxyl groups is 3. The lowest BCUT2D eigenvalue weighted by atomic mass is 9.91. The fourth-order valence-corrected chi connectivity index (χ4v) is 6.10. The van der Waals surface area contributed by atoms with Gasteiger partial charge in [0.05, 0.1) is 32.1 Å². The molecule has 2 fully saturated rings. The molecule has 7 atom stereocenters. The number of carbonyl (C=O) groups excluding carboxylic acids is 1. The van der Waals surface area contributed by atoms with Gasteiger partial charge in [-0.1, -0.05) is 27.2 Å². The zero-order valence-corrected chi connectivity index (χ0v) is 24.6. The largest absolute Gasteiger partial charge is 0.394 e. The molecule has 0 saturated carbocycles. The summed E-state index contributed by atoms with van der Waals surface area (Å²) in [7, 11) is 1.32. The third-order valence-corrected chi connectivity index (χ3v) is 8.10. The number of carbonyl (C=O) groups is 1. The van der Waals surface area contributed by atoms with E-state index >= 15 is 0 Å². The third-order valence-electron chi connectivity index (χ3n) is 7.65. The number of rotatable bonds is 7. The highest BCUT2D eigenvalue weighted by Crippen LogP contribution is 2.36. The van der Waals surface area contributed by atoms with Crippen molar-refractivity contribution < 1.29 is 43.1 Å². The number of ether oxygens (including phenoxy) is 3. The van der Waals surface area contributed by atoms with Crippen molar-refractivity contribution in [3.8, 4) is 11.3 Å². The van der Waals surface area contributed by atoms with Crippen LogP contribution in [0.3, 0.4) is 0 Å². The summed E-state index contributed by atoms with van der Waals surface area (Å²) in [5.74, 6) is -2.73. The Bertz CT molecular complexity index is 1440. The van der Waals surface area contributed by atoms with E-state index in [1.54, 1.807) is 12.1 Å². The first-order chi connectivity index (χ1) is 20.0. The molecule has 5 rings (SSSR count). The van der Waals surface area contributed by atoms with E-state index in [1.807, 2.05) is 13.0 Å². The van der Waals surface area contributed by atoms with Crippen molar-refractivity contribution in [2.45, 2.75) is 56.5 Å². The van der Waals surface area contributed by atoms with Gasteiger partial charge in [0.25, 0.3) is 5.91 Å². The predicted octanol–water partition coefficient (Wildman–Crippen LogP) is 2.07. The van der Waals surface area contributed by atoms with Crippen molar-refractivity contribution in [3.05, 3.63) is 63.8 Å². The van der Waals surface area contributed by atoms with E-state index in [9.17, 15) is 28.9 Å². The number of hydrogen-bond donors (Lipinski definition) is 3. The van der Waals surface area contributed by atoms with Crippen LogP contribution in [0, 0.1) is 25.5 Å². The molecule has 14 heteroatoms. The minimum Gasteiger partial charge on any atom is -0.394 e. The smallest absolute Gasteiger partial charge is 0.259 e. The summed E-state index contributed by atoms with van der Waals surface area (Å²) in [6, 6.07) is 6.23. The Kier molecular flexibility index (Phi) is 9.04. The molecule has 0 aliphatic carbocycles. The van der Waals surface area contributed by atoms with Crippen LogP contribution < -0.4 is 4.90 Å². The quantitative estimate of drug-likeness (QED) is 0.350. The normalized spacial score (nSPS) is 27.8. The fourth-order valence-electron chi connectivity index (χ4n) is 5.50. The molecule has 226 valence electrons. The highest BCUT2D eigenvalue weighted by Gasteiger charge is 2.52. The van der Waals surface area contributed by atoms with E-state index in [4.69, 9.17) is 14.2 Å². The average Bonchev–Trinajstić information content (AvgIpc) is 3.60. The van der Waals surface area contributed by atoms with Gasteiger partial charge in [0.15, 0.2) is 17.7 Å². The van der Waals surface area contributed by atoms with Crippen molar-refractivity contribution in [1.29, 1.82) is 0 Å². The molecule has 1 amide bonds. The first kappa shape index (κ1) is 30.6. The number of halogens is 3. The molecule has 0 bridgehead atoms. The van der Waals surface area contributed by atoms with Crippen LogP contribution in [0.15, 0.2) is 41.0 Å². The van der Waals surface area contributed by atoms with E-state index in [0.29, 0.717) is 10.2 Å². The van der Waals surface area contributed by atoms with Gasteiger partial charge in [-0.15, -0.1) is 5.10 Å². The van der Waals surface area contributed by atoms with Crippen molar-refractivity contribution in [1.82, 2.24) is 15.0 Å². The number of nitrogens with zero attached hydrogens (tertiary/aromatic N) is 4. The molecule has 2 saturated heterocycles. The molecule has 3 heterocycles. The zero-order chi connectivity index (χ0) is 30.3. The molecule has 0 spiro atoms. The van der Waals surface area contributed by atoms with Crippen molar-refractivity contribution in [2.24, 2.45) is 0 Å². The summed E-state index contributed by atoms with van der Waals surface area (Å²) in [6.07, 6.45) is -4.94. The lowest BCUT2D eigenvalue weighted by Gasteiger charge is -2.45. The molecular weight excluding hydrogens is 622 g/mol. The zero-order valence-electron chi connectivity index (χ0n) is 23.0. The first-order valence-corrected chi connectivity index (χ1v) is 14.0. The van der Waals surface area contributed by atoms with Gasteiger partial charge in [-0.3, -0.25) is 4.79 Å². The molecule has 11 nitrogen and oxygen atoms in total. The van der Waals surface area contributed by atoms with Gasteiger partial charge >= 0.3 is 0 Å². The number of aromatic nitrogens is 3. The number of amides is 1. The Balaban J connectivity index is 1.55. The van der Waals surface area contributed by atoms with E-state index in [2.05, 4.69) is 26.2 Å². The van der Waals surface area contributed by atoms with Gasteiger partial charge in [0.1, 0.15) is 36.2 Å². The van der Waals surface area contributed by atoms with Crippen LogP contribution >= 0.6 is 15.9 Å². The Morgan fingerprint density at radius 2 is 1.95 bits per heavy atom. The second-order valence-electron chi connectivity index (χ2n) is 10.5. The molecule has 2 aromatic carbocycles. The SMILES string of the molecule is CO[C@@H]1[C@@H](n2cc(-c3ccc(C)c(F)c3F)nn2)[C@@H](O)[C@@H](CO)O[C@H]1C(=O)N(c1cc(C)cc(Br)c1)[C@@H]1COC[C@H]1O. The number of benzene rings is 2. The minimum atomic E-state index is -1.43. The molecule has 2 aliphatic rings. The van der Waals surface area contributed by atoms with Crippen LogP contribution in [0.25, 0.3) is 11.3 Å². The molecule has 2 aliphatic heterocycles. The number of anilines is 1. The maximum atomic E-state index is 14.7. The van der Waals surface area contributed by atoms with Crippen LogP contribution in [0.4, 0.5) is 14.5 Å². The average molecular weight is 653 g/mol. The number of aliphatic hydroxyl groups excluding tert-OH is 3. The lowest BCUT2D eigenvalue weighted by Crippen LogP contribution is -2.63. The van der Waals surface area contributed by atoms with Gasteiger partial charge in [-0.25, -0.2) is 13.5 Å². The highest BCUT2D eigenvalue weighted by molar-refractivity contribution is 9.10. The van der Waals surface area contributed by atoms with Crippen molar-refractivity contribution in [2.75, 3.05) is 31.8 Å². The number of methoxy groups -OCH3 is 1. The van der Waals surface area contributed by atoms with Crippen LogP contribution in [0.1, 0.15) is 17.2 Å². The van der Waals surface area contributed by atoms with Crippen LogP contribution in [-0.2, 0) is 19.0 Å². The maximum absolute atomic E-state index is 14.7. The van der Waals surface area contributed by atoms with Gasteiger partial charge < -0.3 is 34.4 Å². The monoisotopic (exact) mass is 652 g/mol. The van der Waals surface area contributed by atoms with Crippen molar-refractivity contribution >= 4 is 27.5 Å². The molecular formula is C28H31BrF2N4O7. The summed E-state index contributed by atoms with van der Waals surface area (Å²) >= 11 is 3.46. The summed E-state index contributed by atoms with van der Waals surface area (Å²) in [4.78, 5) is 15.7. The Hall–Kier alpha value is -2.85. The summed E-state index contributed by atoms with van der Waals surface area (Å²) in [5.41, 5.74) is 1.27. The van der Waals surface area contributed by atoms with Gasteiger partial charge in [0, 0.05) is 22.8 Å². The second kappa shape index (κ2) is 12.4. The fraction of sp³-hybridized carbons (Fsp3) is 0.464. The Morgan fingerprint density at radius 1 is 1.19 bits per heavy atom. The maximum Gasteiger partial charge on any atom is 0.259 e. The van der Waals surface area contributed by atoms with Crippen LogP contribution in [0.2, 0.25) is 0 Å². The molecule has 0 unspecified atom stereocenters. The highest BCUT2D eigenvalue weighted by atomic mass is 79.9. The van der Waals surface area contributed by atoms with Crippen LogP contribution in [-0.4, -0.2) is 99.7 Å². The van der Waals surface area contributed by atoms with E-state index < -0.39 is 66.8 Å². The standard InChI is InChI=1S/C28H31BrF2N4O7/c1-13-6-15(29)8-16(7-13)35(19-11-41-12-20(19)37)28(39)27-26(40-3)24(25(38)21(10-36)42-27)34-9-18(32-33-34)17-5-4-14(2)22(30)23(17)31/h4-9,19-21,24-27,36-38H,10-12H2,1-3H3/t19-,20-,21-,24+,25+,26-,27-/m1/s1. The topological polar surface area (TPSA) is 139 Å². The molecule has 0 radical (unpaired) electrons. The van der Waals surface area contributed by atoms with Gasteiger partial charge in [-0.2, -0.15) is 0 Å². The summed E-state index contributed by atoms with van der Waals surface area (Å²) in [6.45, 7) is 2.72. The molecule has 42 heavy (non-hydrogen) atoms. The first-order valence-electron chi connectivity index (χ1n) is 13.3.